The van der Waals surface area contributed by atoms with Crippen LogP contribution in [0.25, 0.3) is 5.69 Å². The first-order valence-electron chi connectivity index (χ1n) is 9.27. The number of nitrogens with one attached hydrogen (secondary N) is 1. The van der Waals surface area contributed by atoms with Crippen molar-refractivity contribution < 1.29 is 19.1 Å². The predicted molar refractivity (Wildman–Crippen MR) is 112 cm³/mol. The van der Waals surface area contributed by atoms with Crippen molar-refractivity contribution in [2.75, 3.05) is 18.5 Å². The third kappa shape index (κ3) is 5.81. The maximum atomic E-state index is 12.3. The summed E-state index contributed by atoms with van der Waals surface area (Å²) in [6, 6.07) is 11.6. The van der Waals surface area contributed by atoms with Crippen LogP contribution in [0, 0.1) is 5.92 Å². The highest BCUT2D eigenvalue weighted by molar-refractivity contribution is 6.31. The van der Waals surface area contributed by atoms with E-state index in [1.165, 1.54) is 17.3 Å². The molecule has 0 unspecified atom stereocenters. The van der Waals surface area contributed by atoms with Gasteiger partial charge in [0, 0.05) is 5.02 Å². The fourth-order valence-electron chi connectivity index (χ4n) is 2.52. The lowest BCUT2D eigenvalue weighted by Gasteiger charge is -2.12. The first kappa shape index (κ1) is 21.3. The van der Waals surface area contributed by atoms with Gasteiger partial charge in [0.15, 0.2) is 6.61 Å². The normalized spacial score (nSPS) is 10.7. The van der Waals surface area contributed by atoms with Crippen LogP contribution in [0.3, 0.4) is 0 Å². The number of halogens is 1. The lowest BCUT2D eigenvalue weighted by Crippen LogP contribution is -2.21. The molecule has 0 spiro atoms. The molecule has 0 saturated heterocycles. The highest BCUT2D eigenvalue weighted by Gasteiger charge is 2.14. The van der Waals surface area contributed by atoms with Crippen molar-refractivity contribution in [3.63, 3.8) is 0 Å². The molecular formula is C21H21ClN4O4. The van der Waals surface area contributed by atoms with E-state index < -0.39 is 18.5 Å². The first-order chi connectivity index (χ1) is 14.4. The van der Waals surface area contributed by atoms with E-state index in [2.05, 4.69) is 15.4 Å². The number of rotatable bonds is 8. The Bertz CT molecular complexity index is 1020. The molecule has 2 aromatic carbocycles. The van der Waals surface area contributed by atoms with Gasteiger partial charge in [0.1, 0.15) is 18.4 Å². The number of carbonyl (C=O) groups is 2. The average Bonchev–Trinajstić information content (AvgIpc) is 3.25. The summed E-state index contributed by atoms with van der Waals surface area (Å²) in [6.07, 6.45) is 2.87. The largest absolute Gasteiger partial charge is 0.493 e. The van der Waals surface area contributed by atoms with Crippen LogP contribution in [-0.2, 0) is 9.53 Å². The summed E-state index contributed by atoms with van der Waals surface area (Å²) in [5.41, 5.74) is 1.29. The number of ether oxygens (including phenoxy) is 2. The van der Waals surface area contributed by atoms with Gasteiger partial charge in [-0.25, -0.2) is 14.5 Å². The third-order valence-corrected chi connectivity index (χ3v) is 4.12. The molecule has 0 aliphatic carbocycles. The van der Waals surface area contributed by atoms with E-state index >= 15 is 0 Å². The molecule has 1 aromatic heterocycles. The molecule has 1 N–H and O–H groups in total. The number of aromatic nitrogens is 3. The average molecular weight is 429 g/mol. The summed E-state index contributed by atoms with van der Waals surface area (Å²) in [5, 5.41) is 7.16. The van der Waals surface area contributed by atoms with Crippen LogP contribution < -0.4 is 10.1 Å². The molecule has 0 aliphatic heterocycles. The molecule has 1 amide bonds. The SMILES string of the molecule is CC(C)COc1cccc(C(=O)OCC(=O)Nc2cc(Cl)ccc2-n2cncn2)c1. The number of nitrogens with zero attached hydrogens (tertiary/aromatic N) is 3. The molecule has 0 bridgehead atoms. The number of hydrogen-bond donors (Lipinski definition) is 1. The van der Waals surface area contributed by atoms with Gasteiger partial charge in [0.2, 0.25) is 0 Å². The van der Waals surface area contributed by atoms with Gasteiger partial charge in [-0.15, -0.1) is 0 Å². The van der Waals surface area contributed by atoms with Gasteiger partial charge < -0.3 is 14.8 Å². The number of anilines is 1. The zero-order chi connectivity index (χ0) is 21.5. The first-order valence-corrected chi connectivity index (χ1v) is 9.64. The zero-order valence-corrected chi connectivity index (χ0v) is 17.3. The van der Waals surface area contributed by atoms with Gasteiger partial charge in [-0.2, -0.15) is 5.10 Å². The Morgan fingerprint density at radius 2 is 2.03 bits per heavy atom. The van der Waals surface area contributed by atoms with E-state index in [9.17, 15) is 9.59 Å². The number of carbonyl (C=O) groups excluding carboxylic acids is 2. The zero-order valence-electron chi connectivity index (χ0n) is 16.5. The predicted octanol–water partition coefficient (Wildman–Crippen LogP) is 3.75. The maximum absolute atomic E-state index is 12.3. The van der Waals surface area contributed by atoms with Gasteiger partial charge in [-0.05, 0) is 42.3 Å². The van der Waals surface area contributed by atoms with Crippen molar-refractivity contribution in [1.82, 2.24) is 14.8 Å². The second-order valence-corrected chi connectivity index (χ2v) is 7.29. The minimum absolute atomic E-state index is 0.301. The van der Waals surface area contributed by atoms with Gasteiger partial charge in [0.05, 0.1) is 23.5 Å². The Kier molecular flexibility index (Phi) is 7.03. The summed E-state index contributed by atoms with van der Waals surface area (Å²) >= 11 is 6.04. The van der Waals surface area contributed by atoms with Crippen LogP contribution in [0.15, 0.2) is 55.1 Å². The summed E-state index contributed by atoms with van der Waals surface area (Å²) < 4.78 is 12.2. The van der Waals surface area contributed by atoms with E-state index in [0.717, 1.165) is 0 Å². The standard InChI is InChI=1S/C21H21ClN4O4/c1-14(2)10-29-17-5-3-4-15(8-17)21(28)30-11-20(27)25-18-9-16(22)6-7-19(18)26-13-23-12-24-26/h3-9,12-14H,10-11H2,1-2H3,(H,25,27). The van der Waals surface area contributed by atoms with E-state index in [0.29, 0.717) is 40.2 Å². The van der Waals surface area contributed by atoms with Crippen molar-refractivity contribution in [3.8, 4) is 11.4 Å². The highest BCUT2D eigenvalue weighted by Crippen LogP contribution is 2.24. The van der Waals surface area contributed by atoms with E-state index in [1.807, 2.05) is 13.8 Å². The summed E-state index contributed by atoms with van der Waals surface area (Å²) in [6.45, 7) is 4.14. The van der Waals surface area contributed by atoms with E-state index in [1.54, 1.807) is 42.5 Å². The second kappa shape index (κ2) is 9.89. The van der Waals surface area contributed by atoms with Crippen molar-refractivity contribution in [2.45, 2.75) is 13.8 Å². The molecule has 9 heteroatoms. The van der Waals surface area contributed by atoms with Gasteiger partial charge in [0.25, 0.3) is 5.91 Å². The van der Waals surface area contributed by atoms with Crippen LogP contribution >= 0.6 is 11.6 Å². The summed E-state index contributed by atoms with van der Waals surface area (Å²) in [7, 11) is 0. The Hall–Kier alpha value is -3.39. The third-order valence-electron chi connectivity index (χ3n) is 3.89. The molecule has 0 aliphatic rings. The Morgan fingerprint density at radius 3 is 2.77 bits per heavy atom. The minimum Gasteiger partial charge on any atom is -0.493 e. The lowest BCUT2D eigenvalue weighted by atomic mass is 10.2. The van der Waals surface area contributed by atoms with Crippen molar-refractivity contribution in [1.29, 1.82) is 0 Å². The smallest absolute Gasteiger partial charge is 0.338 e. The van der Waals surface area contributed by atoms with E-state index in [4.69, 9.17) is 21.1 Å². The molecule has 0 fully saturated rings. The molecule has 0 atom stereocenters. The van der Waals surface area contributed by atoms with Crippen LogP contribution in [0.5, 0.6) is 5.75 Å². The van der Waals surface area contributed by atoms with Crippen LogP contribution in [-0.4, -0.2) is 39.9 Å². The molecule has 156 valence electrons. The maximum Gasteiger partial charge on any atom is 0.338 e. The van der Waals surface area contributed by atoms with Crippen molar-refractivity contribution in [3.05, 3.63) is 65.7 Å². The van der Waals surface area contributed by atoms with E-state index in [-0.39, 0.29) is 0 Å². The lowest BCUT2D eigenvalue weighted by molar-refractivity contribution is -0.119. The quantitative estimate of drug-likeness (QED) is 0.549. The molecule has 30 heavy (non-hydrogen) atoms. The van der Waals surface area contributed by atoms with Crippen LogP contribution in [0.4, 0.5) is 5.69 Å². The number of esters is 1. The van der Waals surface area contributed by atoms with Crippen molar-refractivity contribution >= 4 is 29.2 Å². The fraction of sp³-hybridized carbons (Fsp3) is 0.238. The Labute approximate surface area is 178 Å². The molecule has 8 nitrogen and oxygen atoms in total. The molecular weight excluding hydrogens is 408 g/mol. The highest BCUT2D eigenvalue weighted by atomic mass is 35.5. The monoisotopic (exact) mass is 428 g/mol. The molecule has 3 aromatic rings. The summed E-state index contributed by atoms with van der Waals surface area (Å²) in [5.74, 6) is -0.209. The fourth-order valence-corrected chi connectivity index (χ4v) is 2.69. The summed E-state index contributed by atoms with van der Waals surface area (Å²) in [4.78, 5) is 28.5. The Balaban J connectivity index is 1.61. The topological polar surface area (TPSA) is 95.3 Å². The van der Waals surface area contributed by atoms with Crippen LogP contribution in [0.1, 0.15) is 24.2 Å². The molecule has 1 heterocycles. The van der Waals surface area contributed by atoms with Gasteiger partial charge in [-0.1, -0.05) is 31.5 Å². The minimum atomic E-state index is -0.622. The molecule has 0 saturated carbocycles. The second-order valence-electron chi connectivity index (χ2n) is 6.86. The number of hydrogen-bond acceptors (Lipinski definition) is 6. The molecule has 0 radical (unpaired) electrons. The van der Waals surface area contributed by atoms with Crippen LogP contribution in [0.2, 0.25) is 5.02 Å². The van der Waals surface area contributed by atoms with Gasteiger partial charge in [-0.3, -0.25) is 4.79 Å². The number of amides is 1. The molecule has 3 rings (SSSR count). The van der Waals surface area contributed by atoms with Gasteiger partial charge >= 0.3 is 5.97 Å². The Morgan fingerprint density at radius 1 is 1.20 bits per heavy atom. The van der Waals surface area contributed by atoms with Crippen molar-refractivity contribution in [2.24, 2.45) is 5.92 Å². The number of benzene rings is 2.